The highest BCUT2D eigenvalue weighted by Gasteiger charge is 2.13. The molecule has 0 saturated carbocycles. The Kier molecular flexibility index (Phi) is 4.92. The fourth-order valence-electron chi connectivity index (χ4n) is 2.72. The fourth-order valence-corrected chi connectivity index (χ4v) is 2.72. The van der Waals surface area contributed by atoms with Gasteiger partial charge in [0, 0.05) is 18.0 Å². The van der Waals surface area contributed by atoms with Crippen molar-refractivity contribution >= 4 is 10.8 Å². The standard InChI is InChI=1S/C20H20N4O/c1-15(2)23(13-17-9-7-16(11-21)8-10-17)14-24-20(25)19-6-4-3-5-18(19)12-22-24/h3-10,12,15H,13-14H2,1-2H3. The van der Waals surface area contributed by atoms with E-state index in [0.717, 1.165) is 10.9 Å². The third-order valence-electron chi connectivity index (χ3n) is 4.28. The van der Waals surface area contributed by atoms with E-state index in [1.165, 1.54) is 4.68 Å². The Morgan fingerprint density at radius 3 is 2.56 bits per heavy atom. The molecule has 0 bridgehead atoms. The smallest absolute Gasteiger partial charge is 0.275 e. The van der Waals surface area contributed by atoms with Crippen LogP contribution < -0.4 is 5.56 Å². The minimum Gasteiger partial charge on any atom is -0.278 e. The summed E-state index contributed by atoms with van der Waals surface area (Å²) in [5, 5.41) is 14.8. The van der Waals surface area contributed by atoms with Gasteiger partial charge in [0.15, 0.2) is 0 Å². The van der Waals surface area contributed by atoms with Crippen LogP contribution in [0.15, 0.2) is 59.5 Å². The summed E-state index contributed by atoms with van der Waals surface area (Å²) in [5.41, 5.74) is 1.66. The van der Waals surface area contributed by atoms with Crippen molar-refractivity contribution in [3.8, 4) is 6.07 Å². The molecule has 0 unspecified atom stereocenters. The molecule has 1 heterocycles. The molecule has 1 aromatic heterocycles. The molecule has 0 aliphatic carbocycles. The first-order chi connectivity index (χ1) is 12.1. The van der Waals surface area contributed by atoms with Crippen molar-refractivity contribution in [3.63, 3.8) is 0 Å². The van der Waals surface area contributed by atoms with Crippen molar-refractivity contribution in [2.75, 3.05) is 0 Å². The molecule has 5 heteroatoms. The van der Waals surface area contributed by atoms with Gasteiger partial charge in [-0.3, -0.25) is 9.69 Å². The van der Waals surface area contributed by atoms with E-state index >= 15 is 0 Å². The lowest BCUT2D eigenvalue weighted by atomic mass is 10.1. The van der Waals surface area contributed by atoms with Crippen molar-refractivity contribution in [2.24, 2.45) is 0 Å². The van der Waals surface area contributed by atoms with Crippen LogP contribution in [0.5, 0.6) is 0 Å². The Balaban J connectivity index is 1.86. The predicted octanol–water partition coefficient (Wildman–Crippen LogP) is 3.14. The molecular weight excluding hydrogens is 312 g/mol. The summed E-state index contributed by atoms with van der Waals surface area (Å²) in [5.74, 6) is 0. The van der Waals surface area contributed by atoms with Gasteiger partial charge < -0.3 is 0 Å². The van der Waals surface area contributed by atoms with Crippen molar-refractivity contribution < 1.29 is 0 Å². The molecule has 3 rings (SSSR count). The number of hydrogen-bond acceptors (Lipinski definition) is 4. The van der Waals surface area contributed by atoms with Gasteiger partial charge >= 0.3 is 0 Å². The molecule has 0 saturated heterocycles. The Hall–Kier alpha value is -2.97. The van der Waals surface area contributed by atoms with E-state index in [1.54, 1.807) is 6.20 Å². The molecule has 3 aromatic rings. The van der Waals surface area contributed by atoms with E-state index in [0.29, 0.717) is 24.2 Å². The molecule has 0 N–H and O–H groups in total. The Morgan fingerprint density at radius 2 is 1.88 bits per heavy atom. The minimum atomic E-state index is -0.0800. The highest BCUT2D eigenvalue weighted by Crippen LogP contribution is 2.12. The molecule has 0 spiro atoms. The van der Waals surface area contributed by atoms with Crippen LogP contribution in [0.1, 0.15) is 25.0 Å². The number of benzene rings is 2. The van der Waals surface area contributed by atoms with E-state index < -0.39 is 0 Å². The van der Waals surface area contributed by atoms with Gasteiger partial charge in [-0.2, -0.15) is 10.4 Å². The average molecular weight is 332 g/mol. The maximum Gasteiger partial charge on any atom is 0.275 e. The van der Waals surface area contributed by atoms with E-state index in [-0.39, 0.29) is 11.6 Å². The van der Waals surface area contributed by atoms with Crippen LogP contribution in [0.25, 0.3) is 10.8 Å². The van der Waals surface area contributed by atoms with Crippen LogP contribution >= 0.6 is 0 Å². The summed E-state index contributed by atoms with van der Waals surface area (Å²) in [6.07, 6.45) is 1.73. The molecular formula is C20H20N4O. The zero-order valence-electron chi connectivity index (χ0n) is 14.4. The number of aromatic nitrogens is 2. The van der Waals surface area contributed by atoms with Gasteiger partial charge in [0.05, 0.1) is 29.9 Å². The summed E-state index contributed by atoms with van der Waals surface area (Å²) >= 11 is 0. The van der Waals surface area contributed by atoms with Crippen LogP contribution in [0.2, 0.25) is 0 Å². The number of nitrogens with zero attached hydrogens (tertiary/aromatic N) is 4. The SMILES string of the molecule is CC(C)N(Cc1ccc(C#N)cc1)Cn1ncc2ccccc2c1=O. The highest BCUT2D eigenvalue weighted by atomic mass is 16.1. The summed E-state index contributed by atoms with van der Waals surface area (Å²) in [4.78, 5) is 14.8. The maximum absolute atomic E-state index is 12.7. The number of rotatable bonds is 5. The Labute approximate surface area is 146 Å². The zero-order chi connectivity index (χ0) is 17.8. The molecule has 0 atom stereocenters. The van der Waals surface area contributed by atoms with Crippen molar-refractivity contribution in [1.82, 2.24) is 14.7 Å². The van der Waals surface area contributed by atoms with Crippen LogP contribution in [0, 0.1) is 11.3 Å². The normalized spacial score (nSPS) is 11.2. The van der Waals surface area contributed by atoms with Gasteiger partial charge in [-0.05, 0) is 37.6 Å². The quantitative estimate of drug-likeness (QED) is 0.720. The van der Waals surface area contributed by atoms with Crippen molar-refractivity contribution in [3.05, 3.63) is 76.2 Å². The van der Waals surface area contributed by atoms with E-state index in [1.807, 2.05) is 48.5 Å². The molecule has 0 aliphatic rings. The van der Waals surface area contributed by atoms with Crippen LogP contribution in [-0.4, -0.2) is 20.7 Å². The third-order valence-corrected chi connectivity index (χ3v) is 4.28. The highest BCUT2D eigenvalue weighted by molar-refractivity contribution is 5.80. The second-order valence-electron chi connectivity index (χ2n) is 6.33. The summed E-state index contributed by atoms with van der Waals surface area (Å²) in [6, 6.07) is 17.4. The first-order valence-electron chi connectivity index (χ1n) is 8.26. The molecule has 2 aromatic carbocycles. The van der Waals surface area contributed by atoms with Crippen LogP contribution in [0.3, 0.4) is 0 Å². The minimum absolute atomic E-state index is 0.0800. The van der Waals surface area contributed by atoms with Gasteiger partial charge in [-0.15, -0.1) is 0 Å². The zero-order valence-corrected chi connectivity index (χ0v) is 14.4. The van der Waals surface area contributed by atoms with Crippen molar-refractivity contribution in [2.45, 2.75) is 33.1 Å². The maximum atomic E-state index is 12.7. The number of nitriles is 1. The summed E-state index contributed by atoms with van der Waals surface area (Å²) in [6.45, 7) is 5.29. The van der Waals surface area contributed by atoms with Gasteiger partial charge in [-0.1, -0.05) is 30.3 Å². The van der Waals surface area contributed by atoms with Crippen LogP contribution in [0.4, 0.5) is 0 Å². The Morgan fingerprint density at radius 1 is 1.16 bits per heavy atom. The largest absolute Gasteiger partial charge is 0.278 e. The first-order valence-corrected chi connectivity index (χ1v) is 8.26. The summed E-state index contributed by atoms with van der Waals surface area (Å²) < 4.78 is 1.51. The Bertz CT molecular complexity index is 967. The first kappa shape index (κ1) is 16.9. The van der Waals surface area contributed by atoms with Gasteiger partial charge in [0.25, 0.3) is 5.56 Å². The molecule has 0 radical (unpaired) electrons. The second kappa shape index (κ2) is 7.29. The molecule has 25 heavy (non-hydrogen) atoms. The molecule has 126 valence electrons. The average Bonchev–Trinajstić information content (AvgIpc) is 2.64. The predicted molar refractivity (Wildman–Crippen MR) is 97.8 cm³/mol. The lowest BCUT2D eigenvalue weighted by molar-refractivity contribution is 0.151. The van der Waals surface area contributed by atoms with Crippen molar-refractivity contribution in [1.29, 1.82) is 5.26 Å². The summed E-state index contributed by atoms with van der Waals surface area (Å²) in [7, 11) is 0. The fraction of sp³-hybridized carbons (Fsp3) is 0.250. The number of fused-ring (bicyclic) bond motifs is 1. The van der Waals surface area contributed by atoms with E-state index in [2.05, 4.69) is 29.9 Å². The van der Waals surface area contributed by atoms with Gasteiger partial charge in [0.1, 0.15) is 0 Å². The topological polar surface area (TPSA) is 61.9 Å². The second-order valence-corrected chi connectivity index (χ2v) is 6.33. The van der Waals surface area contributed by atoms with Gasteiger partial charge in [-0.25, -0.2) is 4.68 Å². The van der Waals surface area contributed by atoms with Crippen LogP contribution in [-0.2, 0) is 13.2 Å². The lowest BCUT2D eigenvalue weighted by Gasteiger charge is -2.26. The van der Waals surface area contributed by atoms with E-state index in [9.17, 15) is 4.79 Å². The number of hydrogen-bond donors (Lipinski definition) is 0. The molecule has 0 fully saturated rings. The monoisotopic (exact) mass is 332 g/mol. The van der Waals surface area contributed by atoms with Gasteiger partial charge in [0.2, 0.25) is 0 Å². The lowest BCUT2D eigenvalue weighted by Crippen LogP contribution is -2.37. The molecule has 0 aliphatic heterocycles. The molecule has 0 amide bonds. The van der Waals surface area contributed by atoms with E-state index in [4.69, 9.17) is 5.26 Å². The third kappa shape index (κ3) is 3.76. The molecule has 5 nitrogen and oxygen atoms in total.